The van der Waals surface area contributed by atoms with Gasteiger partial charge < -0.3 is 19.7 Å². The van der Waals surface area contributed by atoms with Gasteiger partial charge in [0.05, 0.1) is 29.7 Å². The van der Waals surface area contributed by atoms with E-state index < -0.39 is 0 Å². The van der Waals surface area contributed by atoms with Crippen LogP contribution in [-0.4, -0.2) is 57.8 Å². The van der Waals surface area contributed by atoms with Gasteiger partial charge in [-0.3, -0.25) is 4.79 Å². The number of fused-ring (bicyclic) bond motifs is 1. The first kappa shape index (κ1) is 17.5. The Labute approximate surface area is 153 Å². The topological polar surface area (TPSA) is 78.5 Å². The second-order valence-electron chi connectivity index (χ2n) is 7.66. The van der Waals surface area contributed by atoms with E-state index in [0.29, 0.717) is 26.1 Å². The zero-order valence-electron chi connectivity index (χ0n) is 15.5. The maximum Gasteiger partial charge on any atom is 0.226 e. The fourth-order valence-corrected chi connectivity index (χ4v) is 4.57. The van der Waals surface area contributed by atoms with Crippen molar-refractivity contribution in [2.45, 2.75) is 51.7 Å². The van der Waals surface area contributed by atoms with Crippen LogP contribution in [0.2, 0.25) is 0 Å². The lowest BCUT2D eigenvalue weighted by atomic mass is 9.58. The minimum absolute atomic E-state index is 0.140. The van der Waals surface area contributed by atoms with Crippen LogP contribution in [0.25, 0.3) is 11.0 Å². The number of rotatable bonds is 4. The van der Waals surface area contributed by atoms with E-state index in [1.807, 2.05) is 36.9 Å². The number of benzene rings is 1. The molecule has 6 nitrogen and oxygen atoms in total. The summed E-state index contributed by atoms with van der Waals surface area (Å²) in [4.78, 5) is 22.3. The smallest absolute Gasteiger partial charge is 0.226 e. The largest absolute Gasteiger partial charge is 0.392 e. The monoisotopic (exact) mass is 357 g/mol. The van der Waals surface area contributed by atoms with Crippen molar-refractivity contribution in [2.75, 3.05) is 19.7 Å². The van der Waals surface area contributed by atoms with Crippen LogP contribution >= 0.6 is 0 Å². The first-order valence-corrected chi connectivity index (χ1v) is 9.54. The van der Waals surface area contributed by atoms with E-state index in [1.54, 1.807) is 0 Å². The number of aliphatic hydroxyl groups is 1. The normalized spacial score (nSPS) is 24.8. The number of aryl methyl sites for hydroxylation is 1. The molecule has 140 valence electrons. The third-order valence-electron chi connectivity index (χ3n) is 6.18. The van der Waals surface area contributed by atoms with Crippen molar-refractivity contribution < 1.29 is 14.6 Å². The summed E-state index contributed by atoms with van der Waals surface area (Å²) in [5.41, 5.74) is 2.77. The highest BCUT2D eigenvalue weighted by Gasteiger charge is 2.56. The van der Waals surface area contributed by atoms with E-state index in [4.69, 9.17) is 4.74 Å². The Morgan fingerprint density at radius 3 is 2.88 bits per heavy atom. The van der Waals surface area contributed by atoms with Gasteiger partial charge >= 0.3 is 0 Å². The molecule has 0 radical (unpaired) electrons. The zero-order valence-corrected chi connectivity index (χ0v) is 15.5. The van der Waals surface area contributed by atoms with Gasteiger partial charge in [0.2, 0.25) is 5.91 Å². The van der Waals surface area contributed by atoms with Gasteiger partial charge in [0.15, 0.2) is 0 Å². The van der Waals surface area contributed by atoms with E-state index in [2.05, 4.69) is 9.97 Å². The summed E-state index contributed by atoms with van der Waals surface area (Å²) in [5, 5.41) is 10.3. The number of hydrogen-bond acceptors (Lipinski definition) is 4. The Balaban J connectivity index is 1.38. The summed E-state index contributed by atoms with van der Waals surface area (Å²) in [6.07, 6.45) is 2.63. The molecule has 6 heteroatoms. The number of likely N-dealkylation sites (tertiary alicyclic amines) is 1. The van der Waals surface area contributed by atoms with E-state index in [9.17, 15) is 9.90 Å². The molecule has 1 aliphatic heterocycles. The van der Waals surface area contributed by atoms with Crippen molar-refractivity contribution in [1.29, 1.82) is 0 Å². The highest BCUT2D eigenvalue weighted by molar-refractivity contribution is 5.82. The van der Waals surface area contributed by atoms with Crippen LogP contribution in [0.5, 0.6) is 0 Å². The number of carbonyl (C=O) groups is 1. The van der Waals surface area contributed by atoms with Crippen LogP contribution < -0.4 is 0 Å². The van der Waals surface area contributed by atoms with E-state index in [-0.39, 0.29) is 23.5 Å². The van der Waals surface area contributed by atoms with Gasteiger partial charge in [-0.2, -0.15) is 0 Å². The molecule has 2 N–H and O–H groups in total. The third kappa shape index (κ3) is 2.91. The Morgan fingerprint density at radius 1 is 1.42 bits per heavy atom. The number of amides is 1. The molecule has 1 saturated heterocycles. The van der Waals surface area contributed by atoms with Crippen LogP contribution in [0, 0.1) is 12.3 Å². The summed E-state index contributed by atoms with van der Waals surface area (Å²) in [5.74, 6) is 1.03. The van der Waals surface area contributed by atoms with Crippen molar-refractivity contribution >= 4 is 16.9 Å². The van der Waals surface area contributed by atoms with Crippen LogP contribution in [0.15, 0.2) is 18.2 Å². The number of nitrogens with zero attached hydrogens (tertiary/aromatic N) is 2. The minimum atomic E-state index is -0.290. The molecule has 0 bridgehead atoms. The number of aromatic nitrogens is 2. The minimum Gasteiger partial charge on any atom is -0.392 e. The number of aromatic amines is 1. The van der Waals surface area contributed by atoms with E-state index >= 15 is 0 Å². The average molecular weight is 357 g/mol. The van der Waals surface area contributed by atoms with Crippen molar-refractivity contribution in [3.63, 3.8) is 0 Å². The number of hydrogen-bond donors (Lipinski definition) is 2. The molecule has 1 saturated carbocycles. The Bertz CT molecular complexity index is 806. The van der Waals surface area contributed by atoms with Gasteiger partial charge in [-0.1, -0.05) is 6.07 Å². The first-order valence-electron chi connectivity index (χ1n) is 9.54. The average Bonchev–Trinajstić information content (AvgIpc) is 3.01. The van der Waals surface area contributed by atoms with Crippen molar-refractivity contribution in [3.8, 4) is 0 Å². The second-order valence-corrected chi connectivity index (χ2v) is 7.66. The summed E-state index contributed by atoms with van der Waals surface area (Å²) < 4.78 is 5.80. The summed E-state index contributed by atoms with van der Waals surface area (Å²) >= 11 is 0. The quantitative estimate of drug-likeness (QED) is 0.879. The van der Waals surface area contributed by atoms with E-state index in [1.165, 1.54) is 0 Å². The fourth-order valence-electron chi connectivity index (χ4n) is 4.57. The van der Waals surface area contributed by atoms with Crippen molar-refractivity contribution in [2.24, 2.45) is 5.41 Å². The molecule has 1 aromatic heterocycles. The third-order valence-corrected chi connectivity index (χ3v) is 6.18. The lowest BCUT2D eigenvalue weighted by Crippen LogP contribution is -2.62. The van der Waals surface area contributed by atoms with Gasteiger partial charge in [0, 0.05) is 31.5 Å². The molecule has 2 fully saturated rings. The maximum absolute atomic E-state index is 12.7. The molecular formula is C20H27N3O3. The van der Waals surface area contributed by atoms with Gasteiger partial charge in [-0.25, -0.2) is 4.98 Å². The lowest BCUT2D eigenvalue weighted by Gasteiger charge is -2.56. The summed E-state index contributed by atoms with van der Waals surface area (Å²) in [6.45, 7) is 6.00. The lowest BCUT2D eigenvalue weighted by molar-refractivity contribution is -0.210. The molecular weight excluding hydrogens is 330 g/mol. The highest BCUT2D eigenvalue weighted by Crippen LogP contribution is 2.50. The van der Waals surface area contributed by atoms with Gasteiger partial charge in [-0.15, -0.1) is 0 Å². The van der Waals surface area contributed by atoms with Crippen molar-refractivity contribution in [1.82, 2.24) is 14.9 Å². The molecule has 4 rings (SSSR count). The standard InChI is InChI=1S/C20H27N3O3/c1-3-26-18-12-17(24)20(18)6-8-23(9-7-20)19(25)11-14-4-5-15-16(10-14)22-13(2)21-15/h4-5,10,17-18,24H,3,6-9,11-12H2,1-2H3,(H,21,22)/t17-,18+/m0/s1. The molecule has 2 aliphatic rings. The van der Waals surface area contributed by atoms with Crippen LogP contribution in [0.3, 0.4) is 0 Å². The number of imidazole rings is 1. The Kier molecular flexibility index (Phi) is 4.49. The van der Waals surface area contributed by atoms with Crippen LogP contribution in [0.1, 0.15) is 37.6 Å². The second kappa shape index (κ2) is 6.67. The molecule has 1 aliphatic carbocycles. The molecule has 2 aromatic rings. The summed E-state index contributed by atoms with van der Waals surface area (Å²) in [7, 11) is 0. The maximum atomic E-state index is 12.7. The first-order chi connectivity index (χ1) is 12.5. The number of aliphatic hydroxyl groups excluding tert-OH is 1. The predicted octanol–water partition coefficient (Wildman–Crippen LogP) is 2.19. The Morgan fingerprint density at radius 2 is 2.19 bits per heavy atom. The number of carbonyl (C=O) groups excluding carboxylic acids is 1. The number of piperidine rings is 1. The molecule has 0 unspecified atom stereocenters. The molecule has 1 amide bonds. The highest BCUT2D eigenvalue weighted by atomic mass is 16.5. The molecule has 2 heterocycles. The van der Waals surface area contributed by atoms with E-state index in [0.717, 1.165) is 41.7 Å². The van der Waals surface area contributed by atoms with Crippen LogP contribution in [-0.2, 0) is 16.0 Å². The molecule has 1 spiro atoms. The molecule has 26 heavy (non-hydrogen) atoms. The van der Waals surface area contributed by atoms with Crippen molar-refractivity contribution in [3.05, 3.63) is 29.6 Å². The number of nitrogens with one attached hydrogen (secondary N) is 1. The van der Waals surface area contributed by atoms with Gasteiger partial charge in [-0.05, 0) is 44.4 Å². The molecule has 2 atom stereocenters. The van der Waals surface area contributed by atoms with Crippen LogP contribution in [0.4, 0.5) is 0 Å². The van der Waals surface area contributed by atoms with Gasteiger partial charge in [0.1, 0.15) is 5.82 Å². The summed E-state index contributed by atoms with van der Waals surface area (Å²) in [6, 6.07) is 5.95. The van der Waals surface area contributed by atoms with Gasteiger partial charge in [0.25, 0.3) is 0 Å². The predicted molar refractivity (Wildman–Crippen MR) is 98.8 cm³/mol. The SMILES string of the molecule is CCO[C@@H]1C[C@H](O)C12CCN(C(=O)Cc1ccc3nc(C)[nH]c3c1)CC2. The number of ether oxygens (including phenoxy) is 1. The molecule has 1 aromatic carbocycles. The Hall–Kier alpha value is -1.92. The fraction of sp³-hybridized carbons (Fsp3) is 0.600. The number of H-pyrrole nitrogens is 1. The zero-order chi connectivity index (χ0) is 18.3.